The summed E-state index contributed by atoms with van der Waals surface area (Å²) in [5.74, 6) is 5.00. The third kappa shape index (κ3) is 6.20. The molecule has 15 heteroatoms. The second-order valence-electron chi connectivity index (χ2n) is 7.38. The van der Waals surface area contributed by atoms with Gasteiger partial charge in [0.25, 0.3) is 0 Å². The average Bonchev–Trinajstić information content (AvgIpc) is 3.55. The Bertz CT molecular complexity index is 1350. The molecule has 0 bridgehead atoms. The third-order valence-corrected chi connectivity index (χ3v) is 8.39. The first-order chi connectivity index (χ1) is 16.7. The summed E-state index contributed by atoms with van der Waals surface area (Å²) in [7, 11) is -4.82. The third-order valence-electron chi connectivity index (χ3n) is 5.12. The minimum atomic E-state index is -4.37. The highest BCUT2D eigenvalue weighted by Gasteiger charge is 2.28. The summed E-state index contributed by atoms with van der Waals surface area (Å²) in [6, 6.07) is 8.42. The highest BCUT2D eigenvalue weighted by atomic mass is 32.2. The number of sulfonamides is 1. The van der Waals surface area contributed by atoms with Crippen molar-refractivity contribution in [2.24, 2.45) is 27.6 Å². The lowest BCUT2D eigenvalue weighted by atomic mass is 9.98. The van der Waals surface area contributed by atoms with E-state index in [1.54, 1.807) is 18.2 Å². The second kappa shape index (κ2) is 12.0. The van der Waals surface area contributed by atoms with Crippen LogP contribution in [0.4, 0.5) is 0 Å². The topological polar surface area (TPSA) is 217 Å². The van der Waals surface area contributed by atoms with Crippen molar-refractivity contribution >= 4 is 48.4 Å². The van der Waals surface area contributed by atoms with E-state index in [2.05, 4.69) is 20.1 Å². The van der Waals surface area contributed by atoms with Crippen LogP contribution in [0.5, 0.6) is 0 Å². The summed E-state index contributed by atoms with van der Waals surface area (Å²) >= 11 is 1.42. The Labute approximate surface area is 210 Å². The molecule has 2 aromatic carbocycles. The van der Waals surface area contributed by atoms with Gasteiger partial charge in [0.15, 0.2) is 5.84 Å². The molecule has 190 valence electrons. The van der Waals surface area contributed by atoms with Gasteiger partial charge in [-0.05, 0) is 50.7 Å². The Kier molecular flexibility index (Phi) is 9.26. The first-order valence-electron chi connectivity index (χ1n) is 10.6. The Morgan fingerprint density at radius 2 is 1.94 bits per heavy atom. The fraction of sp³-hybridized carbons (Fsp3) is 0.300. The Hall–Kier alpha value is -2.50. The van der Waals surface area contributed by atoms with Crippen molar-refractivity contribution in [2.45, 2.75) is 29.2 Å². The van der Waals surface area contributed by atoms with Crippen LogP contribution in [0.15, 0.2) is 45.2 Å². The van der Waals surface area contributed by atoms with Crippen molar-refractivity contribution in [3.05, 3.63) is 40.9 Å². The Morgan fingerprint density at radius 1 is 1.23 bits per heavy atom. The number of rotatable bonds is 7. The fourth-order valence-corrected chi connectivity index (χ4v) is 6.61. The van der Waals surface area contributed by atoms with Gasteiger partial charge in [0.05, 0.1) is 15.1 Å². The van der Waals surface area contributed by atoms with Crippen LogP contribution in [0.2, 0.25) is 0 Å². The van der Waals surface area contributed by atoms with E-state index in [-0.39, 0.29) is 22.8 Å². The van der Waals surface area contributed by atoms with Crippen molar-refractivity contribution in [3.8, 4) is 11.1 Å². The van der Waals surface area contributed by atoms with E-state index >= 15 is 0 Å². The summed E-state index contributed by atoms with van der Waals surface area (Å²) in [6.45, 7) is 2.76. The van der Waals surface area contributed by atoms with E-state index < -0.39 is 25.9 Å². The van der Waals surface area contributed by atoms with Gasteiger partial charge in [-0.1, -0.05) is 18.2 Å². The van der Waals surface area contributed by atoms with Gasteiger partial charge in [0, 0.05) is 17.7 Å². The number of nitrogens with one attached hydrogen (secondary N) is 3. The number of hydrazine groups is 1. The summed E-state index contributed by atoms with van der Waals surface area (Å²) in [4.78, 5) is 4.05. The van der Waals surface area contributed by atoms with Crippen LogP contribution in [0, 0.1) is 0 Å². The zero-order valence-corrected chi connectivity index (χ0v) is 21.5. The van der Waals surface area contributed by atoms with Gasteiger partial charge in [0.2, 0.25) is 10.0 Å². The lowest BCUT2D eigenvalue weighted by Crippen LogP contribution is -2.28. The van der Waals surface area contributed by atoms with E-state index in [9.17, 15) is 12.6 Å². The molecular weight excluding hydrogens is 510 g/mol. The molecule has 3 aromatic rings. The highest BCUT2D eigenvalue weighted by Crippen LogP contribution is 2.37. The zero-order valence-electron chi connectivity index (χ0n) is 19.1. The number of para-hydroxylation sites is 1. The van der Waals surface area contributed by atoms with E-state index in [1.807, 2.05) is 11.6 Å². The minimum Gasteiger partial charge on any atom is -0.382 e. The zero-order chi connectivity index (χ0) is 25.6. The number of amidine groups is 1. The number of hydrogen-bond donors (Lipinski definition) is 7. The molecule has 12 nitrogen and oxygen atoms in total. The number of primary sulfonamides is 1. The van der Waals surface area contributed by atoms with E-state index in [0.29, 0.717) is 21.7 Å². The van der Waals surface area contributed by atoms with Crippen molar-refractivity contribution < 1.29 is 12.6 Å². The van der Waals surface area contributed by atoms with Gasteiger partial charge in [-0.3, -0.25) is 0 Å². The maximum atomic E-state index is 12.5. The van der Waals surface area contributed by atoms with Crippen LogP contribution in [0.3, 0.4) is 0 Å². The first kappa shape index (κ1) is 27.1. The van der Waals surface area contributed by atoms with Crippen molar-refractivity contribution in [1.82, 2.24) is 20.6 Å². The van der Waals surface area contributed by atoms with Gasteiger partial charge in [-0.15, -0.1) is 16.4 Å². The van der Waals surface area contributed by atoms with Crippen molar-refractivity contribution in [2.75, 3.05) is 20.1 Å². The number of aromatic nitrogens is 1. The molecule has 0 saturated carbocycles. The Morgan fingerprint density at radius 3 is 2.49 bits per heavy atom. The van der Waals surface area contributed by atoms with Crippen molar-refractivity contribution in [3.63, 3.8) is 0 Å². The molecule has 0 amide bonds. The first-order valence-corrected chi connectivity index (χ1v) is 14.1. The monoisotopic (exact) mass is 539 g/mol. The molecule has 35 heavy (non-hydrogen) atoms. The predicted octanol–water partition coefficient (Wildman–Crippen LogP) is -0.235. The minimum absolute atomic E-state index is 0.0358. The molecule has 2 heterocycles. The molecular formula is C20H29N9O3S3. The van der Waals surface area contributed by atoms with Crippen LogP contribution in [0.25, 0.3) is 21.3 Å². The molecule has 1 aliphatic rings. The van der Waals surface area contributed by atoms with E-state index in [0.717, 1.165) is 4.70 Å². The summed E-state index contributed by atoms with van der Waals surface area (Å²) in [5.41, 5.74) is 15.4. The Balaban J connectivity index is 0.000000607. The average molecular weight is 540 g/mol. The van der Waals surface area contributed by atoms with Crippen LogP contribution in [-0.2, 0) is 27.6 Å². The molecule has 1 unspecified atom stereocenters. The molecule has 1 aliphatic heterocycles. The summed E-state index contributed by atoms with van der Waals surface area (Å²) in [6.07, 6.45) is 2.78. The van der Waals surface area contributed by atoms with Gasteiger partial charge in [-0.2, -0.15) is 0 Å². The lowest BCUT2D eigenvalue weighted by molar-refractivity contribution is 0.594. The van der Waals surface area contributed by atoms with Crippen LogP contribution in [0.1, 0.15) is 23.4 Å². The molecule has 1 saturated heterocycles. The number of nitrogens with two attached hydrogens (primary N) is 4. The quantitative estimate of drug-likeness (QED) is 0.0911. The highest BCUT2D eigenvalue weighted by molar-refractivity contribution is 7.90. The summed E-state index contributed by atoms with van der Waals surface area (Å²) in [5, 5.41) is 13.1. The van der Waals surface area contributed by atoms with Gasteiger partial charge >= 0.3 is 0 Å². The van der Waals surface area contributed by atoms with Crippen LogP contribution < -0.4 is 38.0 Å². The smallest absolute Gasteiger partial charge is 0.240 e. The number of hydrazone groups is 1. The van der Waals surface area contributed by atoms with Gasteiger partial charge in [0.1, 0.15) is 20.9 Å². The number of nitrogens with zero attached hydrogens (tertiary/aromatic N) is 2. The van der Waals surface area contributed by atoms with Gasteiger partial charge in [-0.25, -0.2) is 38.8 Å². The normalized spacial score (nSPS) is 15.0. The largest absolute Gasteiger partial charge is 0.382 e. The van der Waals surface area contributed by atoms with E-state index in [1.165, 1.54) is 50.4 Å². The van der Waals surface area contributed by atoms with Crippen LogP contribution in [-0.4, -0.2) is 43.6 Å². The second-order valence-corrected chi connectivity index (χ2v) is 11.4. The lowest BCUT2D eigenvalue weighted by Gasteiger charge is -2.17. The molecule has 1 aromatic heterocycles. The molecule has 0 aliphatic carbocycles. The van der Waals surface area contributed by atoms with Crippen molar-refractivity contribution in [1.29, 1.82) is 0 Å². The maximum Gasteiger partial charge on any atom is 0.240 e. The SMILES string of the molecule is C1CCNC1.CNS(=O)c1ccc(-c2cccc3sc(CN)nc23)c(/C(N)=N/NN)c1S(N)(=O)=O. The molecule has 4 rings (SSSR count). The molecule has 0 spiro atoms. The van der Waals surface area contributed by atoms with E-state index in [4.69, 9.17) is 22.4 Å². The molecule has 0 radical (unpaired) electrons. The fourth-order valence-electron chi connectivity index (χ4n) is 3.63. The molecule has 11 N–H and O–H groups in total. The van der Waals surface area contributed by atoms with Gasteiger partial charge < -0.3 is 16.8 Å². The number of thiazole rings is 1. The molecule has 1 fully saturated rings. The number of benzene rings is 2. The van der Waals surface area contributed by atoms with Crippen LogP contribution >= 0.6 is 11.3 Å². The summed E-state index contributed by atoms with van der Waals surface area (Å²) < 4.78 is 40.9. The standard InChI is InChI=1S/C16H20N8O3S3.C4H9N/c1-21-29(25)11-6-5-8(13(16(18)23-24-19)15(11)30(20,26)27)9-3-2-4-10-14(9)22-12(7-17)28-10;1-2-4-5-3-1/h2-6,21,24H,7,17,19H2,1H3,(H2,18,23)(H2,20,26,27);5H,1-4H2. The number of fused-ring (bicyclic) bond motifs is 1. The predicted molar refractivity (Wildman–Crippen MR) is 140 cm³/mol. The number of hydrogen-bond acceptors (Lipinski definition) is 10. The maximum absolute atomic E-state index is 12.5. The molecule has 1 atom stereocenters.